The number of ketones is 1. The van der Waals surface area contributed by atoms with Crippen LogP contribution < -0.4 is 23.7 Å². The van der Waals surface area contributed by atoms with Crippen LogP contribution in [0.25, 0.3) is 6.08 Å². The van der Waals surface area contributed by atoms with Crippen LogP contribution in [0.5, 0.6) is 28.7 Å². The molecule has 8 heteroatoms. The van der Waals surface area contributed by atoms with Gasteiger partial charge in [0.25, 0.3) is 0 Å². The van der Waals surface area contributed by atoms with E-state index < -0.39 is 0 Å². The van der Waals surface area contributed by atoms with Gasteiger partial charge in [-0.05, 0) is 54.0 Å². The summed E-state index contributed by atoms with van der Waals surface area (Å²) in [5.74, 6) is 2.76. The molecule has 0 unspecified atom stereocenters. The van der Waals surface area contributed by atoms with E-state index in [4.69, 9.17) is 35.3 Å². The number of allylic oxidation sites excluding steroid dienone is 1. The highest BCUT2D eigenvalue weighted by atomic mass is 35.5. The zero-order valence-electron chi connectivity index (χ0n) is 20.5. The van der Waals surface area contributed by atoms with Crippen LogP contribution in [0.15, 0.2) is 48.2 Å². The summed E-state index contributed by atoms with van der Waals surface area (Å²) in [6, 6.07) is 13.2. The molecular weight excluding hydrogens is 482 g/mol. The molecule has 2 aliphatic rings. The molecule has 0 aromatic heterocycles. The zero-order valence-corrected chi connectivity index (χ0v) is 21.3. The summed E-state index contributed by atoms with van der Waals surface area (Å²) >= 11 is 6.37. The average Bonchev–Trinajstić information content (AvgIpc) is 3.21. The van der Waals surface area contributed by atoms with Crippen LogP contribution in [0.4, 0.5) is 0 Å². The lowest BCUT2D eigenvalue weighted by molar-refractivity contribution is 0.0872. The van der Waals surface area contributed by atoms with Crippen LogP contribution in [0, 0.1) is 6.92 Å². The number of aryl methyl sites for hydroxylation is 1. The predicted octanol–water partition coefficient (Wildman–Crippen LogP) is 5.64. The minimum Gasteiger partial charge on any atom is -0.493 e. The van der Waals surface area contributed by atoms with Crippen molar-refractivity contribution in [1.82, 2.24) is 4.90 Å². The third-order valence-corrected chi connectivity index (χ3v) is 6.69. The van der Waals surface area contributed by atoms with Crippen LogP contribution in [-0.2, 0) is 13.1 Å². The number of ether oxygens (including phenoxy) is 5. The van der Waals surface area contributed by atoms with Gasteiger partial charge in [0.05, 0.1) is 32.5 Å². The van der Waals surface area contributed by atoms with Gasteiger partial charge in [-0.1, -0.05) is 29.8 Å². The molecule has 0 radical (unpaired) electrons. The van der Waals surface area contributed by atoms with Gasteiger partial charge in [0.1, 0.15) is 18.2 Å². The lowest BCUT2D eigenvalue weighted by Crippen LogP contribution is -2.32. The summed E-state index contributed by atoms with van der Waals surface area (Å²) in [6.45, 7) is 3.48. The number of fused-ring (bicyclic) bond motifs is 3. The van der Waals surface area contributed by atoms with Gasteiger partial charge in [0.2, 0.25) is 11.5 Å². The van der Waals surface area contributed by atoms with Gasteiger partial charge < -0.3 is 23.7 Å². The Morgan fingerprint density at radius 1 is 1.06 bits per heavy atom. The first-order valence-corrected chi connectivity index (χ1v) is 11.8. The molecule has 0 aliphatic carbocycles. The van der Waals surface area contributed by atoms with Crippen molar-refractivity contribution in [2.45, 2.75) is 20.0 Å². The first-order chi connectivity index (χ1) is 17.4. The van der Waals surface area contributed by atoms with Crippen molar-refractivity contribution in [3.8, 4) is 28.7 Å². The fourth-order valence-electron chi connectivity index (χ4n) is 4.58. The van der Waals surface area contributed by atoms with Gasteiger partial charge in [-0.15, -0.1) is 0 Å². The van der Waals surface area contributed by atoms with E-state index in [-0.39, 0.29) is 11.5 Å². The van der Waals surface area contributed by atoms with Crippen molar-refractivity contribution in [3.63, 3.8) is 0 Å². The Morgan fingerprint density at radius 3 is 2.44 bits per heavy atom. The zero-order chi connectivity index (χ0) is 25.4. The maximum atomic E-state index is 13.4. The molecule has 7 nitrogen and oxygen atoms in total. The summed E-state index contributed by atoms with van der Waals surface area (Å²) in [7, 11) is 4.64. The highest BCUT2D eigenvalue weighted by Gasteiger charge is 2.35. The second kappa shape index (κ2) is 9.76. The molecule has 0 N–H and O–H groups in total. The maximum absolute atomic E-state index is 13.4. The van der Waals surface area contributed by atoms with Crippen molar-refractivity contribution < 1.29 is 28.5 Å². The summed E-state index contributed by atoms with van der Waals surface area (Å²) in [5.41, 5.74) is 3.89. The number of benzene rings is 3. The molecule has 3 aromatic rings. The van der Waals surface area contributed by atoms with Gasteiger partial charge in [-0.3, -0.25) is 9.69 Å². The van der Waals surface area contributed by atoms with Gasteiger partial charge in [0, 0.05) is 18.1 Å². The van der Waals surface area contributed by atoms with Crippen molar-refractivity contribution in [2.24, 2.45) is 0 Å². The number of carbonyl (C=O) groups is 1. The van der Waals surface area contributed by atoms with Gasteiger partial charge in [-0.25, -0.2) is 0 Å². The first kappa shape index (κ1) is 24.0. The van der Waals surface area contributed by atoms with E-state index in [9.17, 15) is 4.79 Å². The largest absolute Gasteiger partial charge is 0.493 e. The molecule has 0 amide bonds. The minimum atomic E-state index is -0.178. The van der Waals surface area contributed by atoms with E-state index in [1.807, 2.05) is 37.3 Å². The fourth-order valence-corrected chi connectivity index (χ4v) is 4.78. The summed E-state index contributed by atoms with van der Waals surface area (Å²) in [4.78, 5) is 15.5. The number of hydrogen-bond acceptors (Lipinski definition) is 7. The lowest BCUT2D eigenvalue weighted by Gasteiger charge is -2.30. The van der Waals surface area contributed by atoms with Crippen LogP contribution in [0.2, 0.25) is 5.02 Å². The molecule has 0 bridgehead atoms. The van der Waals surface area contributed by atoms with Crippen molar-refractivity contribution >= 4 is 23.5 Å². The predicted molar refractivity (Wildman–Crippen MR) is 136 cm³/mol. The molecule has 0 atom stereocenters. The van der Waals surface area contributed by atoms with Gasteiger partial charge >= 0.3 is 0 Å². The number of rotatable bonds is 6. The quantitative estimate of drug-likeness (QED) is 0.400. The van der Waals surface area contributed by atoms with Crippen LogP contribution >= 0.6 is 11.6 Å². The summed E-state index contributed by atoms with van der Waals surface area (Å²) in [5, 5.41) is 0.708. The van der Waals surface area contributed by atoms with Crippen molar-refractivity contribution in [2.75, 3.05) is 28.1 Å². The third kappa shape index (κ3) is 4.25. The Morgan fingerprint density at radius 2 is 1.78 bits per heavy atom. The van der Waals surface area contributed by atoms with E-state index in [2.05, 4.69) is 4.90 Å². The molecule has 36 heavy (non-hydrogen) atoms. The molecule has 3 aromatic carbocycles. The Labute approximate surface area is 214 Å². The van der Waals surface area contributed by atoms with Crippen LogP contribution in [-0.4, -0.2) is 38.7 Å². The SMILES string of the molecule is COc1cc(/C=C2\Oc3c4c(cc(C)c3C2=O)OCN(Cc2ccccc2Cl)C4)cc(OC)c1OC. The second-order valence-electron chi connectivity index (χ2n) is 8.62. The van der Waals surface area contributed by atoms with Gasteiger partial charge in [0.15, 0.2) is 17.3 Å². The maximum Gasteiger partial charge on any atom is 0.232 e. The Kier molecular flexibility index (Phi) is 6.51. The number of carbonyl (C=O) groups excluding carboxylic acids is 1. The standard InChI is InChI=1S/C28H26ClNO6/c1-16-9-21-19(14-30(15-35-21)13-18-7-5-6-8-20(18)29)27-25(16)26(31)22(36-27)10-17-11-23(32-2)28(34-4)24(12-17)33-3/h5-12H,13-15H2,1-4H3/b22-10-. The smallest absolute Gasteiger partial charge is 0.232 e. The molecule has 2 heterocycles. The van der Waals surface area contributed by atoms with Gasteiger partial charge in [-0.2, -0.15) is 0 Å². The van der Waals surface area contributed by atoms with E-state index >= 15 is 0 Å². The summed E-state index contributed by atoms with van der Waals surface area (Å²) < 4.78 is 28.5. The number of halogens is 1. The van der Waals surface area contributed by atoms with Crippen molar-refractivity contribution in [3.05, 3.63) is 81.1 Å². The Balaban J connectivity index is 1.48. The Hall–Kier alpha value is -3.68. The molecule has 0 spiro atoms. The van der Waals surface area contributed by atoms with Crippen LogP contribution in [0.1, 0.15) is 32.6 Å². The minimum absolute atomic E-state index is 0.178. The second-order valence-corrected chi connectivity index (χ2v) is 9.03. The molecule has 0 fully saturated rings. The molecular formula is C28H26ClNO6. The molecule has 5 rings (SSSR count). The van der Waals surface area contributed by atoms with E-state index in [0.29, 0.717) is 59.0 Å². The molecule has 186 valence electrons. The van der Waals surface area contributed by atoms with E-state index in [0.717, 1.165) is 22.4 Å². The third-order valence-electron chi connectivity index (χ3n) is 6.32. The number of methoxy groups -OCH3 is 3. The first-order valence-electron chi connectivity index (χ1n) is 11.4. The Bertz CT molecular complexity index is 1360. The lowest BCUT2D eigenvalue weighted by atomic mass is 9.98. The number of nitrogens with zero attached hydrogens (tertiary/aromatic N) is 1. The monoisotopic (exact) mass is 507 g/mol. The number of Topliss-reactive ketones (excluding diaryl/α,β-unsaturated/α-hetero) is 1. The highest BCUT2D eigenvalue weighted by molar-refractivity contribution is 6.31. The van der Waals surface area contributed by atoms with Crippen molar-refractivity contribution in [1.29, 1.82) is 0 Å². The topological polar surface area (TPSA) is 66.5 Å². The van der Waals surface area contributed by atoms with E-state index in [1.165, 1.54) is 0 Å². The van der Waals surface area contributed by atoms with Crippen LogP contribution in [0.3, 0.4) is 0 Å². The number of hydrogen-bond donors (Lipinski definition) is 0. The summed E-state index contributed by atoms with van der Waals surface area (Å²) in [6.07, 6.45) is 1.68. The average molecular weight is 508 g/mol. The van der Waals surface area contributed by atoms with E-state index in [1.54, 1.807) is 39.5 Å². The normalized spacial score (nSPS) is 15.7. The molecule has 0 saturated carbocycles. The fraction of sp³-hybridized carbons (Fsp3) is 0.250. The molecule has 0 saturated heterocycles. The highest BCUT2D eigenvalue weighted by Crippen LogP contribution is 2.45. The molecule has 2 aliphatic heterocycles.